The van der Waals surface area contributed by atoms with E-state index in [1.807, 2.05) is 0 Å². The maximum atomic E-state index is 5.89. The summed E-state index contributed by atoms with van der Waals surface area (Å²) in [5, 5.41) is 9.09. The van der Waals surface area contributed by atoms with Gasteiger partial charge in [-0.2, -0.15) is 4.98 Å². The highest BCUT2D eigenvalue weighted by Crippen LogP contribution is 2.28. The number of nitrogen functional groups attached to an aromatic ring is 1. The topological polar surface area (TPSA) is 75.9 Å². The maximum Gasteiger partial charge on any atom is 0.222 e. The molecule has 0 saturated carbocycles. The van der Waals surface area contributed by atoms with Crippen molar-refractivity contribution in [3.63, 3.8) is 0 Å². The minimum atomic E-state index is 0.277. The van der Waals surface area contributed by atoms with E-state index >= 15 is 0 Å². The lowest BCUT2D eigenvalue weighted by Crippen LogP contribution is -2.16. The van der Waals surface area contributed by atoms with Crippen LogP contribution in [-0.2, 0) is 12.8 Å². The summed E-state index contributed by atoms with van der Waals surface area (Å²) in [7, 11) is 0. The summed E-state index contributed by atoms with van der Waals surface area (Å²) in [5.74, 6) is 1.26. The van der Waals surface area contributed by atoms with Gasteiger partial charge in [-0.1, -0.05) is 13.0 Å². The van der Waals surface area contributed by atoms with Gasteiger partial charge in [-0.15, -0.1) is 11.3 Å². The first kappa shape index (κ1) is 14.3. The quantitative estimate of drug-likeness (QED) is 0.808. The number of hydrogen-bond acceptors (Lipinski definition) is 6. The molecule has 0 amide bonds. The van der Waals surface area contributed by atoms with E-state index in [2.05, 4.69) is 45.0 Å². The Morgan fingerprint density at radius 1 is 1.38 bits per heavy atom. The van der Waals surface area contributed by atoms with Crippen LogP contribution in [0, 0.1) is 0 Å². The molecule has 6 heteroatoms. The Labute approximate surface area is 129 Å². The summed E-state index contributed by atoms with van der Waals surface area (Å²) in [6.45, 7) is 4.10. The number of nitrogens with zero attached hydrogens (tertiary/aromatic N) is 2. The van der Waals surface area contributed by atoms with Gasteiger partial charge < -0.3 is 16.4 Å². The SMILES string of the molecule is CCC(Nc1nc(N)nc2c1CCNCC2)c1cccs1. The van der Waals surface area contributed by atoms with Gasteiger partial charge in [0, 0.05) is 23.4 Å². The minimum absolute atomic E-state index is 0.277. The van der Waals surface area contributed by atoms with E-state index in [4.69, 9.17) is 5.73 Å². The highest BCUT2D eigenvalue weighted by molar-refractivity contribution is 7.10. The maximum absolute atomic E-state index is 5.89. The molecule has 2 aromatic heterocycles. The van der Waals surface area contributed by atoms with Crippen molar-refractivity contribution in [2.75, 3.05) is 24.1 Å². The van der Waals surface area contributed by atoms with Crippen molar-refractivity contribution in [1.82, 2.24) is 15.3 Å². The fourth-order valence-electron chi connectivity index (χ4n) is 2.71. The molecule has 0 radical (unpaired) electrons. The van der Waals surface area contributed by atoms with E-state index in [1.54, 1.807) is 11.3 Å². The Hall–Kier alpha value is -1.66. The highest BCUT2D eigenvalue weighted by atomic mass is 32.1. The molecule has 0 bridgehead atoms. The Morgan fingerprint density at radius 3 is 3.00 bits per heavy atom. The Bertz CT molecular complexity index is 596. The van der Waals surface area contributed by atoms with Gasteiger partial charge in [0.15, 0.2) is 0 Å². The van der Waals surface area contributed by atoms with Crippen LogP contribution in [0.2, 0.25) is 0 Å². The van der Waals surface area contributed by atoms with E-state index in [0.29, 0.717) is 5.95 Å². The van der Waals surface area contributed by atoms with E-state index in [1.165, 1.54) is 10.4 Å². The monoisotopic (exact) mass is 303 g/mol. The largest absolute Gasteiger partial charge is 0.368 e. The smallest absolute Gasteiger partial charge is 0.222 e. The van der Waals surface area contributed by atoms with Gasteiger partial charge in [-0.25, -0.2) is 4.98 Å². The van der Waals surface area contributed by atoms with Crippen LogP contribution in [-0.4, -0.2) is 23.1 Å². The van der Waals surface area contributed by atoms with Crippen molar-refractivity contribution in [2.45, 2.75) is 32.2 Å². The molecule has 0 saturated heterocycles. The number of nitrogens with one attached hydrogen (secondary N) is 2. The Kier molecular flexibility index (Phi) is 4.36. The number of nitrogens with two attached hydrogens (primary N) is 1. The summed E-state index contributed by atoms with van der Waals surface area (Å²) in [6, 6.07) is 4.53. The summed E-state index contributed by atoms with van der Waals surface area (Å²) < 4.78 is 0. The van der Waals surface area contributed by atoms with Crippen molar-refractivity contribution in [3.05, 3.63) is 33.6 Å². The zero-order chi connectivity index (χ0) is 14.7. The van der Waals surface area contributed by atoms with Crippen LogP contribution in [0.15, 0.2) is 17.5 Å². The van der Waals surface area contributed by atoms with Crippen LogP contribution in [0.4, 0.5) is 11.8 Å². The molecule has 3 rings (SSSR count). The predicted molar refractivity (Wildman–Crippen MR) is 87.7 cm³/mol. The molecule has 0 fully saturated rings. The average Bonchev–Trinajstić information content (AvgIpc) is 2.90. The van der Waals surface area contributed by atoms with E-state index in [-0.39, 0.29) is 6.04 Å². The standard InChI is InChI=1S/C15H21N5S/c1-2-11(13-4-3-9-21-13)18-14-10-5-7-17-8-6-12(10)19-15(16)20-14/h3-4,9,11,17H,2,5-8H2,1H3,(H3,16,18,19,20). The molecule has 0 aromatic carbocycles. The summed E-state index contributed by atoms with van der Waals surface area (Å²) >= 11 is 1.77. The van der Waals surface area contributed by atoms with E-state index in [0.717, 1.165) is 43.9 Å². The lowest BCUT2D eigenvalue weighted by atomic mass is 10.1. The first-order chi connectivity index (χ1) is 10.3. The molecule has 0 aliphatic carbocycles. The Morgan fingerprint density at radius 2 is 2.24 bits per heavy atom. The zero-order valence-electron chi connectivity index (χ0n) is 12.2. The third kappa shape index (κ3) is 3.16. The molecule has 2 aromatic rings. The van der Waals surface area contributed by atoms with Gasteiger partial charge in [0.05, 0.1) is 11.7 Å². The molecule has 3 heterocycles. The normalized spacial score (nSPS) is 16.0. The third-order valence-electron chi connectivity index (χ3n) is 3.81. The second-order valence-electron chi connectivity index (χ2n) is 5.23. The van der Waals surface area contributed by atoms with Crippen molar-refractivity contribution in [1.29, 1.82) is 0 Å². The molecule has 1 atom stereocenters. The van der Waals surface area contributed by atoms with Crippen molar-refractivity contribution >= 4 is 23.1 Å². The van der Waals surface area contributed by atoms with Gasteiger partial charge in [-0.05, 0) is 30.8 Å². The third-order valence-corrected chi connectivity index (χ3v) is 4.79. The second-order valence-corrected chi connectivity index (χ2v) is 6.21. The van der Waals surface area contributed by atoms with Gasteiger partial charge in [-0.3, -0.25) is 0 Å². The highest BCUT2D eigenvalue weighted by Gasteiger charge is 2.19. The molecule has 4 N–H and O–H groups in total. The lowest BCUT2D eigenvalue weighted by molar-refractivity contribution is 0.708. The van der Waals surface area contributed by atoms with Crippen LogP contribution in [0.1, 0.15) is 35.5 Å². The molecular weight excluding hydrogens is 282 g/mol. The summed E-state index contributed by atoms with van der Waals surface area (Å²) in [5.41, 5.74) is 8.18. The number of fused-ring (bicyclic) bond motifs is 1. The first-order valence-corrected chi connectivity index (χ1v) is 8.31. The van der Waals surface area contributed by atoms with Crippen LogP contribution in [0.25, 0.3) is 0 Å². The fourth-order valence-corrected chi connectivity index (χ4v) is 3.57. The molecular formula is C15H21N5S. The van der Waals surface area contributed by atoms with E-state index < -0.39 is 0 Å². The van der Waals surface area contributed by atoms with Crippen molar-refractivity contribution in [2.24, 2.45) is 0 Å². The molecule has 21 heavy (non-hydrogen) atoms. The van der Waals surface area contributed by atoms with Gasteiger partial charge in [0.2, 0.25) is 5.95 Å². The van der Waals surface area contributed by atoms with Gasteiger partial charge in [0.1, 0.15) is 5.82 Å². The van der Waals surface area contributed by atoms with Gasteiger partial charge >= 0.3 is 0 Å². The lowest BCUT2D eigenvalue weighted by Gasteiger charge is -2.19. The Balaban J connectivity index is 1.92. The van der Waals surface area contributed by atoms with Crippen molar-refractivity contribution < 1.29 is 0 Å². The molecule has 1 unspecified atom stereocenters. The van der Waals surface area contributed by atoms with Crippen molar-refractivity contribution in [3.8, 4) is 0 Å². The van der Waals surface area contributed by atoms with Crippen LogP contribution < -0.4 is 16.4 Å². The van der Waals surface area contributed by atoms with E-state index in [9.17, 15) is 0 Å². The molecule has 0 spiro atoms. The minimum Gasteiger partial charge on any atom is -0.368 e. The average molecular weight is 303 g/mol. The van der Waals surface area contributed by atoms with Crippen LogP contribution >= 0.6 is 11.3 Å². The number of anilines is 2. The number of hydrogen-bond donors (Lipinski definition) is 3. The van der Waals surface area contributed by atoms with Crippen LogP contribution in [0.5, 0.6) is 0 Å². The second kappa shape index (κ2) is 6.41. The van der Waals surface area contributed by atoms with Crippen LogP contribution in [0.3, 0.4) is 0 Å². The molecule has 1 aliphatic heterocycles. The predicted octanol–water partition coefficient (Wildman–Crippen LogP) is 2.37. The van der Waals surface area contributed by atoms with Gasteiger partial charge in [0.25, 0.3) is 0 Å². The molecule has 112 valence electrons. The number of thiophene rings is 1. The number of rotatable bonds is 4. The first-order valence-electron chi connectivity index (χ1n) is 7.44. The number of aromatic nitrogens is 2. The summed E-state index contributed by atoms with van der Waals surface area (Å²) in [6.07, 6.45) is 2.86. The molecule has 5 nitrogen and oxygen atoms in total. The molecule has 1 aliphatic rings. The zero-order valence-corrected chi connectivity index (χ0v) is 13.0. The fraction of sp³-hybridized carbons (Fsp3) is 0.467. The summed E-state index contributed by atoms with van der Waals surface area (Å²) in [4.78, 5) is 10.2.